The van der Waals surface area contributed by atoms with Gasteiger partial charge in [0.25, 0.3) is 10.0 Å². The number of rotatable bonds is 11. The summed E-state index contributed by atoms with van der Waals surface area (Å²) in [4.78, 5) is 28.9. The second-order valence-corrected chi connectivity index (χ2v) is 13.7. The summed E-state index contributed by atoms with van der Waals surface area (Å²) < 4.78 is 34.1. The molecule has 0 aliphatic rings. The van der Waals surface area contributed by atoms with Crippen molar-refractivity contribution in [1.29, 1.82) is 0 Å². The van der Waals surface area contributed by atoms with E-state index in [-0.39, 0.29) is 34.5 Å². The Hall–Kier alpha value is -2.98. The Morgan fingerprint density at radius 2 is 1.62 bits per heavy atom. The molecule has 226 valence electrons. The van der Waals surface area contributed by atoms with Gasteiger partial charge in [0.05, 0.1) is 22.7 Å². The van der Waals surface area contributed by atoms with Gasteiger partial charge < -0.3 is 15.0 Å². The lowest BCUT2D eigenvalue weighted by atomic mass is 10.1. The number of carbonyl (C=O) groups excluding carboxylic acids is 2. The van der Waals surface area contributed by atoms with Crippen LogP contribution in [-0.4, -0.2) is 50.4 Å². The van der Waals surface area contributed by atoms with Crippen molar-refractivity contribution in [2.45, 2.75) is 57.1 Å². The van der Waals surface area contributed by atoms with Crippen LogP contribution >= 0.6 is 34.8 Å². The molecule has 0 aliphatic heterocycles. The highest BCUT2D eigenvalue weighted by Gasteiger charge is 2.35. The average molecular weight is 655 g/mol. The average Bonchev–Trinajstić information content (AvgIpc) is 2.92. The Labute approximate surface area is 262 Å². The number of nitrogens with one attached hydrogen (secondary N) is 1. The molecule has 0 heterocycles. The molecular weight excluding hydrogens is 621 g/mol. The first-order chi connectivity index (χ1) is 19.7. The summed E-state index contributed by atoms with van der Waals surface area (Å²) in [6.45, 7) is 6.60. The Kier molecular flexibility index (Phi) is 11.2. The first-order valence-corrected chi connectivity index (χ1v) is 15.7. The number of nitrogens with zero attached hydrogens (tertiary/aromatic N) is 2. The van der Waals surface area contributed by atoms with E-state index in [1.165, 1.54) is 42.3 Å². The van der Waals surface area contributed by atoms with E-state index in [1.807, 2.05) is 20.8 Å². The van der Waals surface area contributed by atoms with Gasteiger partial charge in [0.15, 0.2) is 0 Å². The first kappa shape index (κ1) is 33.5. The third kappa shape index (κ3) is 8.31. The number of hydrogen-bond donors (Lipinski definition) is 1. The number of halogens is 3. The van der Waals surface area contributed by atoms with Crippen LogP contribution in [0.2, 0.25) is 15.1 Å². The number of sulfonamides is 1. The fourth-order valence-electron chi connectivity index (χ4n) is 4.26. The first-order valence-electron chi connectivity index (χ1n) is 13.1. The van der Waals surface area contributed by atoms with Crippen molar-refractivity contribution in [3.63, 3.8) is 0 Å². The molecule has 2 amide bonds. The van der Waals surface area contributed by atoms with Crippen molar-refractivity contribution >= 4 is 62.3 Å². The van der Waals surface area contributed by atoms with Crippen molar-refractivity contribution in [2.24, 2.45) is 0 Å². The van der Waals surface area contributed by atoms with Gasteiger partial charge in [-0.3, -0.25) is 13.9 Å². The van der Waals surface area contributed by atoms with Gasteiger partial charge >= 0.3 is 0 Å². The highest BCUT2D eigenvalue weighted by molar-refractivity contribution is 7.92. The molecular formula is C30H34Cl3N3O5S. The standard InChI is InChI=1S/C30H34Cl3N3O5S/c1-6-26(29(38)34-30(2,3)4)35(18-20-12-13-21(31)16-24(20)32)28(37)19-36(22-14-15-27(41-5)25(33)17-22)42(39,40)23-10-8-7-9-11-23/h7-17,26H,6,18-19H2,1-5H3,(H,34,38)/t26-/m1/s1. The van der Waals surface area contributed by atoms with Crippen LogP contribution in [0.4, 0.5) is 5.69 Å². The number of ether oxygens (including phenoxy) is 1. The van der Waals surface area contributed by atoms with Crippen LogP contribution < -0.4 is 14.4 Å². The summed E-state index contributed by atoms with van der Waals surface area (Å²) in [5.74, 6) is -0.663. The van der Waals surface area contributed by atoms with E-state index >= 15 is 0 Å². The lowest BCUT2D eigenvalue weighted by molar-refractivity contribution is -0.141. The fraction of sp³-hybridized carbons (Fsp3) is 0.333. The molecule has 1 atom stereocenters. The maximum absolute atomic E-state index is 14.2. The molecule has 0 spiro atoms. The minimum Gasteiger partial charge on any atom is -0.495 e. The Morgan fingerprint density at radius 1 is 0.952 bits per heavy atom. The van der Waals surface area contributed by atoms with Crippen molar-refractivity contribution in [1.82, 2.24) is 10.2 Å². The van der Waals surface area contributed by atoms with Crippen LogP contribution in [0.15, 0.2) is 71.6 Å². The summed E-state index contributed by atoms with van der Waals surface area (Å²) >= 11 is 18.9. The van der Waals surface area contributed by atoms with E-state index in [9.17, 15) is 18.0 Å². The van der Waals surface area contributed by atoms with Crippen molar-refractivity contribution in [3.8, 4) is 5.75 Å². The van der Waals surface area contributed by atoms with E-state index < -0.39 is 34.1 Å². The van der Waals surface area contributed by atoms with Gasteiger partial charge in [-0.05, 0) is 75.2 Å². The van der Waals surface area contributed by atoms with Gasteiger partial charge in [-0.25, -0.2) is 8.42 Å². The van der Waals surface area contributed by atoms with Crippen LogP contribution in [0.3, 0.4) is 0 Å². The molecule has 0 saturated carbocycles. The molecule has 3 rings (SSSR count). The molecule has 8 nitrogen and oxygen atoms in total. The van der Waals surface area contributed by atoms with Gasteiger partial charge in [0.2, 0.25) is 11.8 Å². The Bertz CT molecular complexity index is 1530. The maximum atomic E-state index is 14.2. The molecule has 42 heavy (non-hydrogen) atoms. The minimum absolute atomic E-state index is 0.0189. The van der Waals surface area contributed by atoms with Crippen LogP contribution in [0.1, 0.15) is 39.7 Å². The zero-order chi connectivity index (χ0) is 31.2. The number of carbonyl (C=O) groups is 2. The molecule has 0 fully saturated rings. The van der Waals surface area contributed by atoms with Gasteiger partial charge in [0.1, 0.15) is 18.3 Å². The summed E-state index contributed by atoms with van der Waals surface area (Å²) in [5.41, 5.74) is 0.121. The lowest BCUT2D eigenvalue weighted by Gasteiger charge is -2.35. The van der Waals surface area contributed by atoms with E-state index in [0.29, 0.717) is 21.4 Å². The minimum atomic E-state index is -4.24. The highest BCUT2D eigenvalue weighted by Crippen LogP contribution is 2.32. The molecule has 0 bridgehead atoms. The zero-order valence-corrected chi connectivity index (χ0v) is 27.1. The molecule has 0 unspecified atom stereocenters. The molecule has 0 aliphatic carbocycles. The monoisotopic (exact) mass is 653 g/mol. The Balaban J connectivity index is 2.12. The largest absolute Gasteiger partial charge is 0.495 e. The summed E-state index contributed by atoms with van der Waals surface area (Å²) in [6.07, 6.45) is 0.263. The quantitative estimate of drug-likeness (QED) is 0.252. The number of benzene rings is 3. The molecule has 0 radical (unpaired) electrons. The predicted molar refractivity (Wildman–Crippen MR) is 168 cm³/mol. The third-order valence-corrected chi connectivity index (χ3v) is 8.94. The van der Waals surface area contributed by atoms with Gasteiger partial charge in [-0.1, -0.05) is 66.0 Å². The normalized spacial score (nSPS) is 12.4. The topological polar surface area (TPSA) is 96.0 Å². The number of amides is 2. The van der Waals surface area contributed by atoms with Gasteiger partial charge in [-0.2, -0.15) is 0 Å². The Morgan fingerprint density at radius 3 is 2.17 bits per heavy atom. The molecule has 12 heteroatoms. The second kappa shape index (κ2) is 14.0. The number of hydrogen-bond acceptors (Lipinski definition) is 5. The van der Waals surface area contributed by atoms with E-state index in [2.05, 4.69) is 5.32 Å². The third-order valence-electron chi connectivity index (χ3n) is 6.27. The van der Waals surface area contributed by atoms with Crippen LogP contribution in [0, 0.1) is 0 Å². The highest BCUT2D eigenvalue weighted by atomic mass is 35.5. The molecule has 3 aromatic rings. The van der Waals surface area contributed by atoms with Crippen LogP contribution in [0.5, 0.6) is 5.75 Å². The van der Waals surface area contributed by atoms with Crippen molar-refractivity contribution in [2.75, 3.05) is 18.0 Å². The number of methoxy groups -OCH3 is 1. The summed E-state index contributed by atoms with van der Waals surface area (Å²) in [5, 5.41) is 3.81. The van der Waals surface area contributed by atoms with E-state index in [1.54, 1.807) is 43.3 Å². The summed E-state index contributed by atoms with van der Waals surface area (Å²) in [7, 11) is -2.80. The van der Waals surface area contributed by atoms with E-state index in [0.717, 1.165) is 4.31 Å². The maximum Gasteiger partial charge on any atom is 0.264 e. The fourth-order valence-corrected chi connectivity index (χ4v) is 6.41. The molecule has 0 aromatic heterocycles. The lowest BCUT2D eigenvalue weighted by Crippen LogP contribution is -2.55. The van der Waals surface area contributed by atoms with Gasteiger partial charge in [-0.15, -0.1) is 0 Å². The van der Waals surface area contributed by atoms with Crippen LogP contribution in [0.25, 0.3) is 0 Å². The number of anilines is 1. The summed E-state index contributed by atoms with van der Waals surface area (Å²) in [6, 6.07) is 16.1. The predicted octanol–water partition coefficient (Wildman–Crippen LogP) is 6.57. The zero-order valence-electron chi connectivity index (χ0n) is 24.0. The SMILES string of the molecule is CC[C@H](C(=O)NC(C)(C)C)N(Cc1ccc(Cl)cc1Cl)C(=O)CN(c1ccc(OC)c(Cl)c1)S(=O)(=O)c1ccccc1. The smallest absolute Gasteiger partial charge is 0.264 e. The molecule has 3 aromatic carbocycles. The van der Waals surface area contributed by atoms with Gasteiger partial charge in [0, 0.05) is 22.1 Å². The molecule has 0 saturated heterocycles. The van der Waals surface area contributed by atoms with Crippen molar-refractivity contribution < 1.29 is 22.7 Å². The van der Waals surface area contributed by atoms with E-state index in [4.69, 9.17) is 39.5 Å². The molecule has 1 N–H and O–H groups in total. The second-order valence-electron chi connectivity index (χ2n) is 10.6. The van der Waals surface area contributed by atoms with Crippen molar-refractivity contribution in [3.05, 3.63) is 87.4 Å². The van der Waals surface area contributed by atoms with Crippen LogP contribution in [-0.2, 0) is 26.2 Å².